The van der Waals surface area contributed by atoms with E-state index >= 15 is 0 Å². The zero-order valence-electron chi connectivity index (χ0n) is 12.7. The van der Waals surface area contributed by atoms with Gasteiger partial charge < -0.3 is 10.1 Å². The Bertz CT molecular complexity index is 542. The molecule has 0 saturated heterocycles. The molecule has 1 N–H and O–H groups in total. The average Bonchev–Trinajstić information content (AvgIpc) is 2.51. The standard InChI is InChI=1S/C16H21N3OS/c1-4-20-14-7-5-13(6-8-14)15(17-3)11-21-16-18-9-12(2)10-19-16/h5-10,15,17H,4,11H2,1-3H3. The van der Waals surface area contributed by atoms with Crippen molar-refractivity contribution in [3.8, 4) is 5.75 Å². The summed E-state index contributed by atoms with van der Waals surface area (Å²) in [5.74, 6) is 1.79. The van der Waals surface area contributed by atoms with E-state index in [0.29, 0.717) is 6.61 Å². The van der Waals surface area contributed by atoms with Gasteiger partial charge in [0.25, 0.3) is 0 Å². The third-order valence-electron chi connectivity index (χ3n) is 3.08. The number of nitrogens with one attached hydrogen (secondary N) is 1. The quantitative estimate of drug-likeness (QED) is 0.628. The largest absolute Gasteiger partial charge is 0.494 e. The summed E-state index contributed by atoms with van der Waals surface area (Å²) < 4.78 is 5.47. The van der Waals surface area contributed by atoms with Crippen molar-refractivity contribution >= 4 is 11.8 Å². The van der Waals surface area contributed by atoms with Crippen LogP contribution in [0.1, 0.15) is 24.1 Å². The van der Waals surface area contributed by atoms with Gasteiger partial charge in [0, 0.05) is 24.2 Å². The summed E-state index contributed by atoms with van der Waals surface area (Å²) in [6, 6.07) is 8.48. The lowest BCUT2D eigenvalue weighted by Gasteiger charge is -2.16. The number of ether oxygens (including phenoxy) is 1. The monoisotopic (exact) mass is 303 g/mol. The molecule has 1 unspecified atom stereocenters. The summed E-state index contributed by atoms with van der Waals surface area (Å²) in [6.45, 7) is 4.67. The van der Waals surface area contributed by atoms with Crippen LogP contribution >= 0.6 is 11.8 Å². The Morgan fingerprint density at radius 3 is 2.43 bits per heavy atom. The van der Waals surface area contributed by atoms with Gasteiger partial charge in [-0.1, -0.05) is 23.9 Å². The molecule has 21 heavy (non-hydrogen) atoms. The van der Waals surface area contributed by atoms with E-state index in [1.54, 1.807) is 11.8 Å². The van der Waals surface area contributed by atoms with Gasteiger partial charge in [0.2, 0.25) is 0 Å². The van der Waals surface area contributed by atoms with Crippen molar-refractivity contribution in [2.24, 2.45) is 0 Å². The minimum absolute atomic E-state index is 0.260. The number of aromatic nitrogens is 2. The SMILES string of the molecule is CCOc1ccc(C(CSc2ncc(C)cn2)NC)cc1. The summed E-state index contributed by atoms with van der Waals surface area (Å²) in [6.07, 6.45) is 3.70. The van der Waals surface area contributed by atoms with E-state index in [1.165, 1.54) is 5.56 Å². The van der Waals surface area contributed by atoms with Crippen LogP contribution in [-0.4, -0.2) is 29.4 Å². The highest BCUT2D eigenvalue weighted by molar-refractivity contribution is 7.99. The Morgan fingerprint density at radius 2 is 1.86 bits per heavy atom. The van der Waals surface area contributed by atoms with E-state index in [4.69, 9.17) is 4.74 Å². The first kappa shape index (κ1) is 15.8. The third-order valence-corrected chi connectivity index (χ3v) is 4.05. The van der Waals surface area contributed by atoms with E-state index in [9.17, 15) is 0 Å². The molecule has 4 nitrogen and oxygen atoms in total. The van der Waals surface area contributed by atoms with Crippen LogP contribution in [0.25, 0.3) is 0 Å². The minimum atomic E-state index is 0.260. The Morgan fingerprint density at radius 1 is 1.19 bits per heavy atom. The smallest absolute Gasteiger partial charge is 0.187 e. The van der Waals surface area contributed by atoms with Crippen molar-refractivity contribution in [2.75, 3.05) is 19.4 Å². The van der Waals surface area contributed by atoms with Crippen molar-refractivity contribution in [2.45, 2.75) is 25.0 Å². The Hall–Kier alpha value is -1.59. The van der Waals surface area contributed by atoms with E-state index in [0.717, 1.165) is 22.2 Å². The number of aryl methyl sites for hydroxylation is 1. The van der Waals surface area contributed by atoms with Gasteiger partial charge in [-0.2, -0.15) is 0 Å². The fourth-order valence-electron chi connectivity index (χ4n) is 1.92. The average molecular weight is 303 g/mol. The number of rotatable bonds is 7. The van der Waals surface area contributed by atoms with Crippen LogP contribution in [0.5, 0.6) is 5.75 Å². The predicted molar refractivity (Wildman–Crippen MR) is 86.9 cm³/mol. The van der Waals surface area contributed by atoms with Crippen molar-refractivity contribution in [1.29, 1.82) is 0 Å². The lowest BCUT2D eigenvalue weighted by atomic mass is 10.1. The topological polar surface area (TPSA) is 47.0 Å². The number of hydrogen-bond acceptors (Lipinski definition) is 5. The van der Waals surface area contributed by atoms with Crippen molar-refractivity contribution in [3.05, 3.63) is 47.8 Å². The van der Waals surface area contributed by atoms with Crippen LogP contribution in [0.4, 0.5) is 0 Å². The third kappa shape index (κ3) is 4.72. The molecule has 0 bridgehead atoms. The van der Waals surface area contributed by atoms with Crippen LogP contribution in [0.2, 0.25) is 0 Å². The molecule has 112 valence electrons. The number of nitrogens with zero attached hydrogens (tertiary/aromatic N) is 2. The van der Waals surface area contributed by atoms with Crippen LogP contribution in [0.15, 0.2) is 41.8 Å². The Labute approximate surface area is 130 Å². The van der Waals surface area contributed by atoms with Gasteiger partial charge in [-0.25, -0.2) is 9.97 Å². The highest BCUT2D eigenvalue weighted by Gasteiger charge is 2.11. The van der Waals surface area contributed by atoms with Crippen LogP contribution < -0.4 is 10.1 Å². The predicted octanol–water partition coefficient (Wildman–Crippen LogP) is 3.24. The summed E-state index contributed by atoms with van der Waals surface area (Å²) in [7, 11) is 1.97. The molecule has 1 heterocycles. The molecule has 0 radical (unpaired) electrons. The normalized spacial score (nSPS) is 12.1. The maximum atomic E-state index is 5.47. The molecule has 1 aromatic heterocycles. The maximum Gasteiger partial charge on any atom is 0.187 e. The zero-order chi connectivity index (χ0) is 15.1. The zero-order valence-corrected chi connectivity index (χ0v) is 13.5. The number of thioether (sulfide) groups is 1. The van der Waals surface area contributed by atoms with E-state index < -0.39 is 0 Å². The maximum absolute atomic E-state index is 5.47. The first-order valence-corrected chi connectivity index (χ1v) is 8.03. The van der Waals surface area contributed by atoms with Gasteiger partial charge in [-0.15, -0.1) is 0 Å². The molecule has 0 fully saturated rings. The first-order chi connectivity index (χ1) is 10.2. The van der Waals surface area contributed by atoms with Crippen LogP contribution in [-0.2, 0) is 0 Å². The molecule has 0 saturated carbocycles. The molecule has 0 spiro atoms. The number of hydrogen-bond donors (Lipinski definition) is 1. The second kappa shape index (κ2) is 8.00. The first-order valence-electron chi connectivity index (χ1n) is 7.04. The minimum Gasteiger partial charge on any atom is -0.494 e. The second-order valence-electron chi connectivity index (χ2n) is 4.70. The van der Waals surface area contributed by atoms with Crippen molar-refractivity contribution < 1.29 is 4.74 Å². The Balaban J connectivity index is 1.97. The lowest BCUT2D eigenvalue weighted by Crippen LogP contribution is -2.18. The van der Waals surface area contributed by atoms with E-state index in [2.05, 4.69) is 27.4 Å². The molecule has 2 aromatic rings. The van der Waals surface area contributed by atoms with Gasteiger partial charge in [0.15, 0.2) is 5.16 Å². The fourth-order valence-corrected chi connectivity index (χ4v) is 2.85. The molecule has 5 heteroatoms. The molecule has 1 atom stereocenters. The van der Waals surface area contributed by atoms with Gasteiger partial charge in [0.05, 0.1) is 6.61 Å². The molecule has 1 aromatic carbocycles. The van der Waals surface area contributed by atoms with Crippen molar-refractivity contribution in [3.63, 3.8) is 0 Å². The van der Waals surface area contributed by atoms with Crippen LogP contribution in [0.3, 0.4) is 0 Å². The van der Waals surface area contributed by atoms with E-state index in [-0.39, 0.29) is 6.04 Å². The van der Waals surface area contributed by atoms with Crippen molar-refractivity contribution in [1.82, 2.24) is 15.3 Å². The van der Waals surface area contributed by atoms with Crippen LogP contribution in [0, 0.1) is 6.92 Å². The summed E-state index contributed by atoms with van der Waals surface area (Å²) in [5, 5.41) is 4.15. The molecule has 2 rings (SSSR count). The molecular weight excluding hydrogens is 282 g/mol. The van der Waals surface area contributed by atoms with Gasteiger partial charge in [-0.05, 0) is 44.2 Å². The number of benzene rings is 1. The molecule has 0 aliphatic rings. The highest BCUT2D eigenvalue weighted by atomic mass is 32.2. The van der Waals surface area contributed by atoms with E-state index in [1.807, 2.05) is 45.4 Å². The molecule has 0 amide bonds. The summed E-state index contributed by atoms with van der Waals surface area (Å²) in [4.78, 5) is 8.64. The Kier molecular flexibility index (Phi) is 6.02. The summed E-state index contributed by atoms with van der Waals surface area (Å²) >= 11 is 1.66. The molecular formula is C16H21N3OS. The fraction of sp³-hybridized carbons (Fsp3) is 0.375. The summed E-state index contributed by atoms with van der Waals surface area (Å²) in [5.41, 5.74) is 2.32. The second-order valence-corrected chi connectivity index (χ2v) is 5.68. The molecule has 0 aliphatic carbocycles. The van der Waals surface area contributed by atoms with Gasteiger partial charge >= 0.3 is 0 Å². The molecule has 0 aliphatic heterocycles. The van der Waals surface area contributed by atoms with Gasteiger partial charge in [-0.3, -0.25) is 0 Å². The highest BCUT2D eigenvalue weighted by Crippen LogP contribution is 2.23. The van der Waals surface area contributed by atoms with Gasteiger partial charge in [0.1, 0.15) is 5.75 Å². The lowest BCUT2D eigenvalue weighted by molar-refractivity contribution is 0.340.